The lowest BCUT2D eigenvalue weighted by Crippen LogP contribution is -2.48. The first-order valence-electron chi connectivity index (χ1n) is 10.1. The van der Waals surface area contributed by atoms with Gasteiger partial charge in [0, 0.05) is 5.56 Å². The van der Waals surface area contributed by atoms with Crippen LogP contribution in [0, 0.1) is 17.8 Å². The first-order chi connectivity index (χ1) is 13.0. The van der Waals surface area contributed by atoms with Gasteiger partial charge in [0.15, 0.2) is 0 Å². The summed E-state index contributed by atoms with van der Waals surface area (Å²) in [7, 11) is 0. The third-order valence-corrected chi connectivity index (χ3v) is 7.70. The number of nitrogens with one attached hydrogen (secondary N) is 1. The van der Waals surface area contributed by atoms with Crippen LogP contribution in [0.15, 0.2) is 23.1 Å². The zero-order valence-electron chi connectivity index (χ0n) is 15.6. The SMILES string of the molecule is CCOc1ccc(C23CC4CC(CC(C4)C2)C3)cc1/C=C1\SC(=O)NC1=O. The number of carbonyl (C=O) groups excluding carboxylic acids is 2. The Morgan fingerprint density at radius 1 is 1.15 bits per heavy atom. The van der Waals surface area contributed by atoms with Crippen LogP contribution in [0.3, 0.4) is 0 Å². The van der Waals surface area contributed by atoms with Gasteiger partial charge < -0.3 is 4.74 Å². The Labute approximate surface area is 164 Å². The zero-order valence-corrected chi connectivity index (χ0v) is 16.4. The van der Waals surface area contributed by atoms with Crippen LogP contribution in [0.5, 0.6) is 5.75 Å². The molecule has 1 heterocycles. The van der Waals surface area contributed by atoms with Crippen molar-refractivity contribution in [3.63, 3.8) is 0 Å². The molecule has 4 nitrogen and oxygen atoms in total. The first-order valence-corrected chi connectivity index (χ1v) is 10.9. The third kappa shape index (κ3) is 3.00. The van der Waals surface area contributed by atoms with Crippen molar-refractivity contribution >= 4 is 29.0 Å². The Hall–Kier alpha value is -1.75. The van der Waals surface area contributed by atoms with E-state index >= 15 is 0 Å². The van der Waals surface area contributed by atoms with E-state index in [1.54, 1.807) is 0 Å². The van der Waals surface area contributed by atoms with Gasteiger partial charge in [0.2, 0.25) is 0 Å². The molecule has 0 spiro atoms. The van der Waals surface area contributed by atoms with Gasteiger partial charge in [0.05, 0.1) is 11.5 Å². The minimum atomic E-state index is -0.312. The molecule has 5 aliphatic rings. The minimum Gasteiger partial charge on any atom is -0.493 e. The van der Waals surface area contributed by atoms with E-state index < -0.39 is 0 Å². The largest absolute Gasteiger partial charge is 0.493 e. The Morgan fingerprint density at radius 2 is 1.81 bits per heavy atom. The molecule has 1 N–H and O–H groups in total. The molecule has 4 saturated carbocycles. The van der Waals surface area contributed by atoms with E-state index in [1.165, 1.54) is 44.1 Å². The van der Waals surface area contributed by atoms with Crippen molar-refractivity contribution in [2.75, 3.05) is 6.61 Å². The highest BCUT2D eigenvalue weighted by Crippen LogP contribution is 2.61. The third-order valence-electron chi connectivity index (χ3n) is 6.89. The van der Waals surface area contributed by atoms with Crippen LogP contribution in [-0.4, -0.2) is 17.8 Å². The maximum Gasteiger partial charge on any atom is 0.290 e. The Kier molecular flexibility index (Phi) is 4.12. The summed E-state index contributed by atoms with van der Waals surface area (Å²) in [6.45, 7) is 2.54. The lowest BCUT2D eigenvalue weighted by Gasteiger charge is -2.57. The van der Waals surface area contributed by atoms with E-state index in [0.29, 0.717) is 16.9 Å². The highest BCUT2D eigenvalue weighted by Gasteiger charge is 2.51. The maximum absolute atomic E-state index is 12.0. The Morgan fingerprint density at radius 3 is 2.37 bits per heavy atom. The van der Waals surface area contributed by atoms with Gasteiger partial charge in [-0.15, -0.1) is 0 Å². The fourth-order valence-electron chi connectivity index (χ4n) is 6.30. The number of hydrogen-bond donors (Lipinski definition) is 1. The van der Waals surface area contributed by atoms with Gasteiger partial charge in [-0.05, 0) is 104 Å². The zero-order chi connectivity index (χ0) is 18.6. The smallest absolute Gasteiger partial charge is 0.290 e. The molecule has 2 amide bonds. The fourth-order valence-corrected chi connectivity index (χ4v) is 6.98. The fraction of sp³-hybridized carbons (Fsp3) is 0.545. The summed E-state index contributed by atoms with van der Waals surface area (Å²) >= 11 is 0.967. The van der Waals surface area contributed by atoms with Crippen molar-refractivity contribution < 1.29 is 14.3 Å². The first kappa shape index (κ1) is 17.4. The van der Waals surface area contributed by atoms with Crippen molar-refractivity contribution in [2.45, 2.75) is 50.9 Å². The van der Waals surface area contributed by atoms with E-state index in [4.69, 9.17) is 4.74 Å². The number of benzene rings is 1. The van der Waals surface area contributed by atoms with E-state index in [9.17, 15) is 9.59 Å². The normalized spacial score (nSPS) is 35.7. The summed E-state index contributed by atoms with van der Waals surface area (Å²) in [5, 5.41) is 2.03. The predicted molar refractivity (Wildman–Crippen MR) is 107 cm³/mol. The van der Waals surface area contributed by atoms with Crippen LogP contribution in [0.2, 0.25) is 0 Å². The van der Waals surface area contributed by atoms with Gasteiger partial charge >= 0.3 is 0 Å². The molecule has 4 aliphatic carbocycles. The highest BCUT2D eigenvalue weighted by molar-refractivity contribution is 8.18. The monoisotopic (exact) mass is 383 g/mol. The molecule has 0 radical (unpaired) electrons. The van der Waals surface area contributed by atoms with Crippen molar-refractivity contribution in [1.82, 2.24) is 5.32 Å². The molecule has 27 heavy (non-hydrogen) atoms. The van der Waals surface area contributed by atoms with Gasteiger partial charge in [-0.25, -0.2) is 0 Å². The summed E-state index contributed by atoms with van der Waals surface area (Å²) in [6.07, 6.45) is 9.99. The number of amides is 2. The number of carbonyl (C=O) groups is 2. The van der Waals surface area contributed by atoms with Gasteiger partial charge in [-0.1, -0.05) is 6.07 Å². The average molecular weight is 384 g/mol. The lowest BCUT2D eigenvalue weighted by molar-refractivity contribution is -0.115. The van der Waals surface area contributed by atoms with E-state index in [2.05, 4.69) is 23.5 Å². The topological polar surface area (TPSA) is 55.4 Å². The number of imide groups is 1. The number of rotatable bonds is 4. The van der Waals surface area contributed by atoms with Crippen molar-refractivity contribution in [2.24, 2.45) is 17.8 Å². The van der Waals surface area contributed by atoms with Crippen molar-refractivity contribution in [3.8, 4) is 5.75 Å². The summed E-state index contributed by atoms with van der Waals surface area (Å²) < 4.78 is 5.81. The molecule has 142 valence electrons. The summed E-state index contributed by atoms with van der Waals surface area (Å²) in [5.41, 5.74) is 2.61. The average Bonchev–Trinajstić information content (AvgIpc) is 2.92. The molecule has 5 fully saturated rings. The van der Waals surface area contributed by atoms with Crippen LogP contribution < -0.4 is 10.1 Å². The molecule has 6 rings (SSSR count). The summed E-state index contributed by atoms with van der Waals surface area (Å²) in [5.74, 6) is 3.13. The molecular formula is C22H25NO3S. The van der Waals surface area contributed by atoms with Crippen LogP contribution in [0.25, 0.3) is 6.08 Å². The number of hydrogen-bond acceptors (Lipinski definition) is 4. The van der Waals surface area contributed by atoms with E-state index in [1.807, 2.05) is 13.0 Å². The van der Waals surface area contributed by atoms with E-state index in [-0.39, 0.29) is 11.1 Å². The molecule has 4 bridgehead atoms. The van der Waals surface area contributed by atoms with Crippen LogP contribution in [-0.2, 0) is 10.2 Å². The molecule has 0 atom stereocenters. The highest BCUT2D eigenvalue weighted by atomic mass is 32.2. The molecule has 1 aromatic rings. The molecule has 1 aliphatic heterocycles. The maximum atomic E-state index is 12.0. The molecule has 5 heteroatoms. The lowest BCUT2D eigenvalue weighted by atomic mass is 9.48. The number of thioether (sulfide) groups is 1. The predicted octanol–water partition coefficient (Wildman–Crippen LogP) is 4.88. The quantitative estimate of drug-likeness (QED) is 0.753. The van der Waals surface area contributed by atoms with Crippen LogP contribution in [0.1, 0.15) is 56.6 Å². The molecule has 0 unspecified atom stereocenters. The molecular weight excluding hydrogens is 358 g/mol. The van der Waals surface area contributed by atoms with Crippen LogP contribution >= 0.6 is 11.8 Å². The summed E-state index contributed by atoms with van der Waals surface area (Å²) in [6, 6.07) is 6.53. The van der Waals surface area contributed by atoms with Crippen molar-refractivity contribution in [3.05, 3.63) is 34.2 Å². The van der Waals surface area contributed by atoms with Crippen LogP contribution in [0.4, 0.5) is 4.79 Å². The van der Waals surface area contributed by atoms with Crippen molar-refractivity contribution in [1.29, 1.82) is 0 Å². The standard InChI is InChI=1S/C22H25NO3S/c1-2-26-18-4-3-17(8-16(18)9-19-20(24)23-21(25)27-19)22-10-13-5-14(11-22)7-15(6-13)12-22/h3-4,8-9,13-15H,2,5-7,10-12H2,1H3,(H,23,24,25)/b19-9-. The summed E-state index contributed by atoms with van der Waals surface area (Å²) in [4.78, 5) is 24.0. The molecule has 1 aromatic carbocycles. The second-order valence-electron chi connectivity index (χ2n) is 8.74. The Bertz CT molecular complexity index is 809. The second kappa shape index (κ2) is 6.40. The van der Waals surface area contributed by atoms with E-state index in [0.717, 1.165) is 40.8 Å². The second-order valence-corrected chi connectivity index (χ2v) is 9.75. The number of ether oxygens (including phenoxy) is 1. The Balaban J connectivity index is 1.54. The minimum absolute atomic E-state index is 0.299. The molecule has 0 aromatic heterocycles. The van der Waals surface area contributed by atoms with Gasteiger partial charge in [-0.3, -0.25) is 14.9 Å². The van der Waals surface area contributed by atoms with Gasteiger partial charge in [0.1, 0.15) is 5.75 Å². The van der Waals surface area contributed by atoms with Gasteiger partial charge in [-0.2, -0.15) is 0 Å². The molecule has 1 saturated heterocycles. The van der Waals surface area contributed by atoms with Gasteiger partial charge in [0.25, 0.3) is 11.1 Å².